The van der Waals surface area contributed by atoms with Gasteiger partial charge in [0.15, 0.2) is 0 Å². The first-order valence-electron chi connectivity index (χ1n) is 5.33. The number of hydrogen-bond acceptors (Lipinski definition) is 5. The average Bonchev–Trinajstić information content (AvgIpc) is 2.28. The molecule has 20 heavy (non-hydrogen) atoms. The highest BCUT2D eigenvalue weighted by molar-refractivity contribution is 5.67. The van der Waals surface area contributed by atoms with E-state index in [0.717, 1.165) is 18.2 Å². The molecule has 2 unspecified atom stereocenters. The van der Waals surface area contributed by atoms with Crippen molar-refractivity contribution in [3.63, 3.8) is 0 Å². The van der Waals surface area contributed by atoms with E-state index in [0.29, 0.717) is 0 Å². The number of carboxylic acid groups (broad SMARTS) is 1. The summed E-state index contributed by atoms with van der Waals surface area (Å²) in [7, 11) is 0. The van der Waals surface area contributed by atoms with Crippen LogP contribution in [0.15, 0.2) is 18.2 Å². The van der Waals surface area contributed by atoms with Gasteiger partial charge in [0.2, 0.25) is 0 Å². The lowest BCUT2D eigenvalue weighted by atomic mass is 10.0. The molecule has 0 heterocycles. The zero-order chi connectivity index (χ0) is 15.5. The van der Waals surface area contributed by atoms with E-state index in [-0.39, 0.29) is 5.69 Å². The average molecular weight is 295 g/mol. The Morgan fingerprint density at radius 3 is 2.45 bits per heavy atom. The number of anilines is 1. The van der Waals surface area contributed by atoms with Crippen molar-refractivity contribution >= 4 is 11.7 Å². The largest absolute Gasteiger partial charge is 0.573 e. The first-order chi connectivity index (χ1) is 9.10. The molecule has 0 aliphatic heterocycles. The van der Waals surface area contributed by atoms with E-state index < -0.39 is 42.3 Å². The SMILES string of the molecule is Nc1ccc(OC(F)(F)F)c(C(O)C(O)CC(=O)O)c1. The summed E-state index contributed by atoms with van der Waals surface area (Å²) in [5.41, 5.74) is 4.96. The van der Waals surface area contributed by atoms with Crippen molar-refractivity contribution in [2.45, 2.75) is 25.0 Å². The van der Waals surface area contributed by atoms with Gasteiger partial charge in [-0.1, -0.05) is 0 Å². The van der Waals surface area contributed by atoms with Crippen molar-refractivity contribution in [3.05, 3.63) is 23.8 Å². The highest BCUT2D eigenvalue weighted by Crippen LogP contribution is 2.33. The Hall–Kier alpha value is -2.00. The number of benzene rings is 1. The number of rotatable bonds is 5. The maximum Gasteiger partial charge on any atom is 0.573 e. The molecule has 0 saturated carbocycles. The Bertz CT molecular complexity index is 491. The normalized spacial score (nSPS) is 14.7. The fourth-order valence-corrected chi connectivity index (χ4v) is 1.51. The summed E-state index contributed by atoms with van der Waals surface area (Å²) in [5, 5.41) is 27.7. The van der Waals surface area contributed by atoms with Crippen LogP contribution in [0.5, 0.6) is 5.75 Å². The molecule has 0 fully saturated rings. The summed E-state index contributed by atoms with van der Waals surface area (Å²) < 4.78 is 40.3. The third-order valence-corrected chi connectivity index (χ3v) is 2.33. The van der Waals surface area contributed by atoms with Crippen molar-refractivity contribution in [1.82, 2.24) is 0 Å². The van der Waals surface area contributed by atoms with Gasteiger partial charge < -0.3 is 25.8 Å². The fraction of sp³-hybridized carbons (Fsp3) is 0.364. The Labute approximate surface area is 111 Å². The van der Waals surface area contributed by atoms with E-state index in [9.17, 15) is 28.2 Å². The summed E-state index contributed by atoms with van der Waals surface area (Å²) >= 11 is 0. The van der Waals surface area contributed by atoms with E-state index in [2.05, 4.69) is 4.74 Å². The van der Waals surface area contributed by atoms with Crippen LogP contribution in [0, 0.1) is 0 Å². The summed E-state index contributed by atoms with van der Waals surface area (Å²) in [6.45, 7) is 0. The van der Waals surface area contributed by atoms with Crippen LogP contribution < -0.4 is 10.5 Å². The van der Waals surface area contributed by atoms with Crippen LogP contribution in [0.1, 0.15) is 18.1 Å². The Balaban J connectivity index is 3.08. The van der Waals surface area contributed by atoms with E-state index >= 15 is 0 Å². The van der Waals surface area contributed by atoms with Crippen LogP contribution in [-0.4, -0.2) is 33.8 Å². The van der Waals surface area contributed by atoms with E-state index in [1.165, 1.54) is 0 Å². The molecule has 1 aromatic carbocycles. The van der Waals surface area contributed by atoms with Gasteiger partial charge >= 0.3 is 12.3 Å². The smallest absolute Gasteiger partial charge is 0.481 e. The molecule has 9 heteroatoms. The van der Waals surface area contributed by atoms with Crippen LogP contribution in [0.4, 0.5) is 18.9 Å². The molecule has 5 N–H and O–H groups in total. The number of aliphatic hydroxyl groups excluding tert-OH is 2. The van der Waals surface area contributed by atoms with Gasteiger partial charge in [0.05, 0.1) is 12.5 Å². The summed E-state index contributed by atoms with van der Waals surface area (Å²) in [5.74, 6) is -2.18. The number of ether oxygens (including phenoxy) is 1. The maximum atomic E-state index is 12.2. The van der Waals surface area contributed by atoms with Gasteiger partial charge in [-0.05, 0) is 18.2 Å². The zero-order valence-electron chi connectivity index (χ0n) is 9.96. The van der Waals surface area contributed by atoms with Crippen LogP contribution in [-0.2, 0) is 4.79 Å². The van der Waals surface area contributed by atoms with Gasteiger partial charge in [0, 0.05) is 11.3 Å². The third-order valence-electron chi connectivity index (χ3n) is 2.33. The summed E-state index contributed by atoms with van der Waals surface area (Å²) in [6.07, 6.45) is -9.53. The molecule has 0 amide bonds. The van der Waals surface area contributed by atoms with E-state index in [1.54, 1.807) is 0 Å². The molecule has 0 aliphatic carbocycles. The number of alkyl halides is 3. The number of carboxylic acids is 1. The highest BCUT2D eigenvalue weighted by Gasteiger charge is 2.34. The van der Waals surface area contributed by atoms with Crippen LogP contribution in [0.3, 0.4) is 0 Å². The monoisotopic (exact) mass is 295 g/mol. The predicted octanol–water partition coefficient (Wildman–Crippen LogP) is 1.04. The lowest BCUT2D eigenvalue weighted by Crippen LogP contribution is -2.24. The number of carbonyl (C=O) groups is 1. The highest BCUT2D eigenvalue weighted by atomic mass is 19.4. The third kappa shape index (κ3) is 4.59. The molecule has 0 radical (unpaired) electrons. The van der Waals surface area contributed by atoms with Crippen molar-refractivity contribution in [2.24, 2.45) is 0 Å². The minimum atomic E-state index is -5.00. The fourth-order valence-electron chi connectivity index (χ4n) is 1.51. The van der Waals surface area contributed by atoms with Crippen LogP contribution >= 0.6 is 0 Å². The first-order valence-corrected chi connectivity index (χ1v) is 5.33. The number of nitrogens with two attached hydrogens (primary N) is 1. The number of hydrogen-bond donors (Lipinski definition) is 4. The topological polar surface area (TPSA) is 113 Å². The number of nitrogen functional groups attached to an aromatic ring is 1. The molecule has 2 atom stereocenters. The molecule has 112 valence electrons. The maximum absolute atomic E-state index is 12.2. The van der Waals surface area contributed by atoms with Gasteiger partial charge in [-0.2, -0.15) is 0 Å². The van der Waals surface area contributed by atoms with Crippen LogP contribution in [0.25, 0.3) is 0 Å². The Morgan fingerprint density at radius 2 is 1.95 bits per heavy atom. The van der Waals surface area contributed by atoms with Gasteiger partial charge in [0.25, 0.3) is 0 Å². The zero-order valence-corrected chi connectivity index (χ0v) is 9.96. The predicted molar refractivity (Wildman–Crippen MR) is 60.8 cm³/mol. The van der Waals surface area contributed by atoms with Crippen LogP contribution in [0.2, 0.25) is 0 Å². The standard InChI is InChI=1S/C11H12F3NO5/c12-11(13,14)20-8-2-1-5(15)3-6(8)10(19)7(16)4-9(17)18/h1-3,7,10,16,19H,4,15H2,(H,17,18). The molecule has 0 saturated heterocycles. The van der Waals surface area contributed by atoms with Gasteiger partial charge in [-0.3, -0.25) is 4.79 Å². The molecule has 1 rings (SSSR count). The van der Waals surface area contributed by atoms with Gasteiger partial charge in [-0.25, -0.2) is 0 Å². The Kier molecular flexibility index (Phi) is 4.79. The van der Waals surface area contributed by atoms with Crippen molar-refractivity contribution in [3.8, 4) is 5.75 Å². The lowest BCUT2D eigenvalue weighted by Gasteiger charge is -2.20. The van der Waals surface area contributed by atoms with E-state index in [1.807, 2.05) is 0 Å². The molecule has 0 spiro atoms. The van der Waals surface area contributed by atoms with Gasteiger partial charge in [0.1, 0.15) is 11.9 Å². The van der Waals surface area contributed by atoms with Gasteiger partial charge in [-0.15, -0.1) is 13.2 Å². The molecule has 0 bridgehead atoms. The minimum Gasteiger partial charge on any atom is -0.481 e. The first kappa shape index (κ1) is 16.1. The molecule has 0 aliphatic rings. The number of aliphatic hydroxyl groups is 2. The number of aliphatic carboxylic acids is 1. The lowest BCUT2D eigenvalue weighted by molar-refractivity contribution is -0.275. The van der Waals surface area contributed by atoms with Crippen molar-refractivity contribution in [1.29, 1.82) is 0 Å². The second kappa shape index (κ2) is 5.97. The second-order valence-electron chi connectivity index (χ2n) is 3.96. The summed E-state index contributed by atoms with van der Waals surface area (Å²) in [6, 6.07) is 2.95. The molecule has 0 aromatic heterocycles. The van der Waals surface area contributed by atoms with Crippen molar-refractivity contribution < 1.29 is 38.0 Å². The quantitative estimate of drug-likeness (QED) is 0.604. The minimum absolute atomic E-state index is 0.0242. The van der Waals surface area contributed by atoms with Crippen molar-refractivity contribution in [2.75, 3.05) is 5.73 Å². The second-order valence-corrected chi connectivity index (χ2v) is 3.96. The molecule has 6 nitrogen and oxygen atoms in total. The molecule has 1 aromatic rings. The molecular formula is C11H12F3NO5. The number of halogens is 3. The van der Waals surface area contributed by atoms with E-state index in [4.69, 9.17) is 10.8 Å². The summed E-state index contributed by atoms with van der Waals surface area (Å²) in [4.78, 5) is 10.4. The Morgan fingerprint density at radius 1 is 1.35 bits per heavy atom. The molecular weight excluding hydrogens is 283 g/mol.